The molecule has 21 heavy (non-hydrogen) atoms. The lowest BCUT2D eigenvalue weighted by atomic mass is 9.75. The summed E-state index contributed by atoms with van der Waals surface area (Å²) < 4.78 is 19.7. The van der Waals surface area contributed by atoms with Gasteiger partial charge in [-0.25, -0.2) is 4.39 Å². The third-order valence-corrected chi connectivity index (χ3v) is 4.49. The Bertz CT molecular complexity index is 458. The highest BCUT2D eigenvalue weighted by Crippen LogP contribution is 2.35. The topological polar surface area (TPSA) is 21.3 Å². The summed E-state index contributed by atoms with van der Waals surface area (Å²) in [5.74, 6) is 0.346. The fraction of sp³-hybridized carbons (Fsp3) is 0.647. The molecule has 0 atom stereocenters. The molecular weight excluding hydrogens is 289 g/mol. The van der Waals surface area contributed by atoms with Crippen molar-refractivity contribution < 1.29 is 9.13 Å². The Labute approximate surface area is 132 Å². The van der Waals surface area contributed by atoms with Gasteiger partial charge in [-0.2, -0.15) is 0 Å². The minimum absolute atomic E-state index is 0.0681. The number of hydrogen-bond donors (Lipinski definition) is 1. The van der Waals surface area contributed by atoms with Gasteiger partial charge in [0.2, 0.25) is 0 Å². The van der Waals surface area contributed by atoms with Gasteiger partial charge >= 0.3 is 0 Å². The first kappa shape index (κ1) is 16.7. The Morgan fingerprint density at radius 1 is 1.33 bits per heavy atom. The Morgan fingerprint density at radius 2 is 2.05 bits per heavy atom. The molecule has 0 bridgehead atoms. The molecule has 0 unspecified atom stereocenters. The molecule has 1 fully saturated rings. The molecule has 0 saturated carbocycles. The van der Waals surface area contributed by atoms with Gasteiger partial charge in [0.1, 0.15) is 5.82 Å². The van der Waals surface area contributed by atoms with Crippen LogP contribution in [0.15, 0.2) is 18.2 Å². The second-order valence-corrected chi connectivity index (χ2v) is 6.93. The number of benzene rings is 1. The summed E-state index contributed by atoms with van der Waals surface area (Å²) in [6.45, 7) is 7.79. The van der Waals surface area contributed by atoms with E-state index in [2.05, 4.69) is 19.2 Å². The van der Waals surface area contributed by atoms with Crippen LogP contribution in [0.25, 0.3) is 0 Å². The zero-order chi connectivity index (χ0) is 15.3. The summed E-state index contributed by atoms with van der Waals surface area (Å²) in [6, 6.07) is 5.28. The molecule has 0 spiro atoms. The second kappa shape index (κ2) is 7.57. The van der Waals surface area contributed by atoms with E-state index in [9.17, 15) is 4.39 Å². The molecule has 1 saturated heterocycles. The highest BCUT2D eigenvalue weighted by molar-refractivity contribution is 6.30. The predicted octanol–water partition coefficient (Wildman–Crippen LogP) is 4.06. The van der Waals surface area contributed by atoms with Crippen LogP contribution in [-0.4, -0.2) is 26.3 Å². The summed E-state index contributed by atoms with van der Waals surface area (Å²) in [5.41, 5.74) is 0.786. The Morgan fingerprint density at radius 3 is 2.71 bits per heavy atom. The summed E-state index contributed by atoms with van der Waals surface area (Å²) in [6.07, 6.45) is 2.64. The molecule has 0 aliphatic carbocycles. The Balaban J connectivity index is 2.10. The zero-order valence-electron chi connectivity index (χ0n) is 12.9. The molecule has 1 aliphatic rings. The maximum Gasteiger partial charge on any atom is 0.144 e. The average molecular weight is 314 g/mol. The van der Waals surface area contributed by atoms with Gasteiger partial charge in [0.25, 0.3) is 0 Å². The van der Waals surface area contributed by atoms with Crippen LogP contribution in [0.4, 0.5) is 4.39 Å². The third-order valence-electron chi connectivity index (χ3n) is 4.20. The van der Waals surface area contributed by atoms with Crippen molar-refractivity contribution in [3.8, 4) is 0 Å². The van der Waals surface area contributed by atoms with Crippen molar-refractivity contribution in [1.29, 1.82) is 0 Å². The first-order valence-corrected chi connectivity index (χ1v) is 8.12. The first-order valence-electron chi connectivity index (χ1n) is 7.74. The lowest BCUT2D eigenvalue weighted by molar-refractivity contribution is 0.0143. The predicted molar refractivity (Wildman–Crippen MR) is 85.3 cm³/mol. The van der Waals surface area contributed by atoms with E-state index in [0.29, 0.717) is 12.3 Å². The summed E-state index contributed by atoms with van der Waals surface area (Å²) in [4.78, 5) is 0. The standard InChI is InChI=1S/C17H25ClFNO/c1-13(2)11-20-12-17(6-8-21-9-7-17)10-14-4-3-5-15(18)16(14)19/h3-5,13,20H,6-12H2,1-2H3. The van der Waals surface area contributed by atoms with Gasteiger partial charge < -0.3 is 10.1 Å². The van der Waals surface area contributed by atoms with Crippen LogP contribution in [0.5, 0.6) is 0 Å². The Hall–Kier alpha value is -0.640. The molecule has 2 rings (SSSR count). The Kier molecular flexibility index (Phi) is 6.03. The van der Waals surface area contributed by atoms with E-state index < -0.39 is 0 Å². The lowest BCUT2D eigenvalue weighted by Gasteiger charge is -2.38. The maximum absolute atomic E-state index is 14.2. The molecule has 1 heterocycles. The van der Waals surface area contributed by atoms with Gasteiger partial charge in [0.15, 0.2) is 0 Å². The minimum atomic E-state index is -0.270. The highest BCUT2D eigenvalue weighted by atomic mass is 35.5. The molecule has 1 aromatic carbocycles. The second-order valence-electron chi connectivity index (χ2n) is 6.53. The molecule has 4 heteroatoms. The van der Waals surface area contributed by atoms with Crippen molar-refractivity contribution in [2.45, 2.75) is 33.1 Å². The molecule has 0 radical (unpaired) electrons. The zero-order valence-corrected chi connectivity index (χ0v) is 13.7. The number of hydrogen-bond acceptors (Lipinski definition) is 2. The summed E-state index contributed by atoms with van der Waals surface area (Å²) in [5, 5.41) is 3.75. The molecule has 118 valence electrons. The van der Waals surface area contributed by atoms with Crippen molar-refractivity contribution in [3.05, 3.63) is 34.6 Å². The van der Waals surface area contributed by atoms with Crippen LogP contribution in [-0.2, 0) is 11.2 Å². The molecule has 0 aromatic heterocycles. The van der Waals surface area contributed by atoms with Crippen LogP contribution < -0.4 is 5.32 Å². The third kappa shape index (κ3) is 4.67. The maximum atomic E-state index is 14.2. The molecule has 1 aromatic rings. The van der Waals surface area contributed by atoms with E-state index in [1.165, 1.54) is 0 Å². The van der Waals surface area contributed by atoms with Gasteiger partial charge in [-0.15, -0.1) is 0 Å². The quantitative estimate of drug-likeness (QED) is 0.855. The number of halogens is 2. The van der Waals surface area contributed by atoms with E-state index in [1.54, 1.807) is 6.07 Å². The van der Waals surface area contributed by atoms with Gasteiger partial charge in [-0.05, 0) is 48.8 Å². The van der Waals surface area contributed by atoms with Gasteiger partial charge in [0, 0.05) is 19.8 Å². The molecule has 0 amide bonds. The molecule has 1 N–H and O–H groups in total. The fourth-order valence-corrected chi connectivity index (χ4v) is 3.13. The largest absolute Gasteiger partial charge is 0.381 e. The van der Waals surface area contributed by atoms with Crippen molar-refractivity contribution in [2.24, 2.45) is 11.3 Å². The molecule has 1 aliphatic heterocycles. The lowest BCUT2D eigenvalue weighted by Crippen LogP contribution is -2.42. The monoisotopic (exact) mass is 313 g/mol. The van der Waals surface area contributed by atoms with E-state index in [4.69, 9.17) is 16.3 Å². The summed E-state index contributed by atoms with van der Waals surface area (Å²) in [7, 11) is 0. The molecule has 2 nitrogen and oxygen atoms in total. The van der Waals surface area contributed by atoms with Crippen LogP contribution in [0.3, 0.4) is 0 Å². The fourth-order valence-electron chi connectivity index (χ4n) is 2.94. The van der Waals surface area contributed by atoms with Crippen molar-refractivity contribution in [1.82, 2.24) is 5.32 Å². The number of ether oxygens (including phenoxy) is 1. The van der Waals surface area contributed by atoms with Crippen molar-refractivity contribution in [2.75, 3.05) is 26.3 Å². The number of nitrogens with one attached hydrogen (secondary N) is 1. The van der Waals surface area contributed by atoms with E-state index in [0.717, 1.165) is 44.7 Å². The van der Waals surface area contributed by atoms with E-state index >= 15 is 0 Å². The van der Waals surface area contributed by atoms with Crippen molar-refractivity contribution in [3.63, 3.8) is 0 Å². The van der Waals surface area contributed by atoms with Crippen LogP contribution in [0, 0.1) is 17.2 Å². The van der Waals surface area contributed by atoms with Crippen molar-refractivity contribution >= 4 is 11.6 Å². The molecular formula is C17H25ClFNO. The van der Waals surface area contributed by atoms with Gasteiger partial charge in [0.05, 0.1) is 5.02 Å². The van der Waals surface area contributed by atoms with Crippen LogP contribution >= 0.6 is 11.6 Å². The first-order chi connectivity index (χ1) is 10.0. The highest BCUT2D eigenvalue weighted by Gasteiger charge is 2.33. The number of rotatable bonds is 6. The minimum Gasteiger partial charge on any atom is -0.381 e. The van der Waals surface area contributed by atoms with E-state index in [1.807, 2.05) is 12.1 Å². The van der Waals surface area contributed by atoms with E-state index in [-0.39, 0.29) is 16.3 Å². The normalized spacial score (nSPS) is 18.1. The van der Waals surface area contributed by atoms with Gasteiger partial charge in [-0.3, -0.25) is 0 Å². The van der Waals surface area contributed by atoms with Gasteiger partial charge in [-0.1, -0.05) is 37.6 Å². The average Bonchev–Trinajstić information content (AvgIpc) is 2.44. The van der Waals surface area contributed by atoms with Crippen LogP contribution in [0.2, 0.25) is 5.02 Å². The van der Waals surface area contributed by atoms with Crippen LogP contribution in [0.1, 0.15) is 32.3 Å². The summed E-state index contributed by atoms with van der Waals surface area (Å²) >= 11 is 5.91. The smallest absolute Gasteiger partial charge is 0.144 e. The SMILES string of the molecule is CC(C)CNCC1(Cc2cccc(Cl)c2F)CCOCC1.